The van der Waals surface area contributed by atoms with Crippen molar-refractivity contribution < 1.29 is 9.53 Å². The molecule has 7 nitrogen and oxygen atoms in total. The Bertz CT molecular complexity index is 666. The van der Waals surface area contributed by atoms with Crippen LogP contribution in [-0.4, -0.2) is 69.8 Å². The molecule has 3 rings (SSSR count). The Morgan fingerprint density at radius 2 is 2.07 bits per heavy atom. The lowest BCUT2D eigenvalue weighted by Crippen LogP contribution is -2.44. The number of aliphatic imine (C=N–C) groups is 1. The highest BCUT2D eigenvalue weighted by Gasteiger charge is 2.28. The Kier molecular flexibility index (Phi) is 9.46. The highest BCUT2D eigenvalue weighted by atomic mass is 127. The van der Waals surface area contributed by atoms with Crippen LogP contribution < -0.4 is 16.0 Å². The summed E-state index contributed by atoms with van der Waals surface area (Å²) in [5.41, 5.74) is 2.10. The van der Waals surface area contributed by atoms with Crippen molar-refractivity contribution in [2.75, 3.05) is 52.3 Å². The Morgan fingerprint density at radius 1 is 1.29 bits per heavy atom. The lowest BCUT2D eigenvalue weighted by Gasteiger charge is -2.26. The van der Waals surface area contributed by atoms with Crippen LogP contribution in [0, 0.1) is 0 Å². The number of amides is 1. The van der Waals surface area contributed by atoms with Crippen molar-refractivity contribution in [3.05, 3.63) is 29.8 Å². The SMILES string of the molecule is CN=C(NCCN(CCOC)C1CC1)NCC1CC(=O)Nc2ccccc21.I. The molecule has 28 heavy (non-hydrogen) atoms. The van der Waals surface area contributed by atoms with Gasteiger partial charge in [-0.1, -0.05) is 18.2 Å². The summed E-state index contributed by atoms with van der Waals surface area (Å²) in [5, 5.41) is 9.71. The van der Waals surface area contributed by atoms with E-state index in [0.29, 0.717) is 19.0 Å². The van der Waals surface area contributed by atoms with E-state index in [9.17, 15) is 4.79 Å². The number of hydrogen-bond donors (Lipinski definition) is 3. The Balaban J connectivity index is 0.00000280. The molecule has 156 valence electrons. The monoisotopic (exact) mass is 501 g/mol. The molecular formula is C20H32IN5O2. The maximum atomic E-state index is 12.0. The van der Waals surface area contributed by atoms with E-state index in [2.05, 4.69) is 31.9 Å². The van der Waals surface area contributed by atoms with E-state index in [-0.39, 0.29) is 35.8 Å². The van der Waals surface area contributed by atoms with Crippen LogP contribution >= 0.6 is 24.0 Å². The van der Waals surface area contributed by atoms with Gasteiger partial charge in [-0.05, 0) is 24.5 Å². The molecule has 1 heterocycles. The third-order valence-electron chi connectivity index (χ3n) is 5.18. The zero-order valence-corrected chi connectivity index (χ0v) is 19.1. The second-order valence-electron chi connectivity index (χ2n) is 7.18. The largest absolute Gasteiger partial charge is 0.383 e. The van der Waals surface area contributed by atoms with Gasteiger partial charge in [-0.25, -0.2) is 0 Å². The summed E-state index contributed by atoms with van der Waals surface area (Å²) in [6, 6.07) is 8.72. The van der Waals surface area contributed by atoms with E-state index in [4.69, 9.17) is 4.74 Å². The molecule has 0 aromatic heterocycles. The molecule has 0 spiro atoms. The highest BCUT2D eigenvalue weighted by Crippen LogP contribution is 2.31. The third kappa shape index (κ3) is 6.59. The maximum absolute atomic E-state index is 12.0. The fraction of sp³-hybridized carbons (Fsp3) is 0.600. The normalized spacial score (nSPS) is 18.9. The van der Waals surface area contributed by atoms with Crippen LogP contribution in [0.15, 0.2) is 29.3 Å². The van der Waals surface area contributed by atoms with Crippen LogP contribution in [0.1, 0.15) is 30.7 Å². The molecule has 1 fully saturated rings. The van der Waals surface area contributed by atoms with Crippen molar-refractivity contribution in [3.63, 3.8) is 0 Å². The van der Waals surface area contributed by atoms with Gasteiger partial charge in [0, 0.05) is 64.4 Å². The molecule has 1 aromatic carbocycles. The van der Waals surface area contributed by atoms with Crippen LogP contribution in [0.3, 0.4) is 0 Å². The van der Waals surface area contributed by atoms with E-state index >= 15 is 0 Å². The quantitative estimate of drug-likeness (QED) is 0.274. The average molecular weight is 501 g/mol. The average Bonchev–Trinajstić information content (AvgIpc) is 3.51. The summed E-state index contributed by atoms with van der Waals surface area (Å²) in [6.07, 6.45) is 3.08. The molecule has 2 aliphatic rings. The summed E-state index contributed by atoms with van der Waals surface area (Å²) < 4.78 is 5.21. The highest BCUT2D eigenvalue weighted by molar-refractivity contribution is 14.0. The van der Waals surface area contributed by atoms with Crippen molar-refractivity contribution in [1.29, 1.82) is 0 Å². The summed E-state index contributed by atoms with van der Waals surface area (Å²) >= 11 is 0. The number of ether oxygens (including phenoxy) is 1. The predicted octanol–water partition coefficient (Wildman–Crippen LogP) is 2.01. The van der Waals surface area contributed by atoms with Crippen LogP contribution in [0.2, 0.25) is 0 Å². The molecule has 0 saturated heterocycles. The first kappa shape index (κ1) is 22.9. The van der Waals surface area contributed by atoms with E-state index in [1.54, 1.807) is 14.2 Å². The van der Waals surface area contributed by atoms with Crippen molar-refractivity contribution in [2.24, 2.45) is 4.99 Å². The second-order valence-corrected chi connectivity index (χ2v) is 7.18. The van der Waals surface area contributed by atoms with E-state index in [1.165, 1.54) is 18.4 Å². The van der Waals surface area contributed by atoms with Crippen molar-refractivity contribution in [1.82, 2.24) is 15.5 Å². The number of benzene rings is 1. The fourth-order valence-corrected chi connectivity index (χ4v) is 3.57. The van der Waals surface area contributed by atoms with Gasteiger partial charge in [0.15, 0.2) is 5.96 Å². The number of anilines is 1. The minimum atomic E-state index is 0. The van der Waals surface area contributed by atoms with Gasteiger partial charge in [-0.2, -0.15) is 0 Å². The third-order valence-corrected chi connectivity index (χ3v) is 5.18. The molecule has 1 aromatic rings. The van der Waals surface area contributed by atoms with E-state index < -0.39 is 0 Å². The van der Waals surface area contributed by atoms with Crippen LogP contribution in [0.25, 0.3) is 0 Å². The lowest BCUT2D eigenvalue weighted by atomic mass is 9.90. The first-order valence-corrected chi connectivity index (χ1v) is 9.77. The van der Waals surface area contributed by atoms with Crippen molar-refractivity contribution >= 4 is 41.5 Å². The van der Waals surface area contributed by atoms with Gasteiger partial charge in [-0.3, -0.25) is 14.7 Å². The number of hydrogen-bond acceptors (Lipinski definition) is 4. The molecule has 0 radical (unpaired) electrons. The standard InChI is InChI=1S/C20H31N5O2.HI/c1-21-20(22-9-10-25(11-12-27-2)16-7-8-16)23-14-15-13-19(26)24-18-6-4-3-5-17(15)18;/h3-6,15-16H,7-14H2,1-2H3,(H,24,26)(H2,21,22,23);1H. The zero-order valence-electron chi connectivity index (χ0n) is 16.7. The summed E-state index contributed by atoms with van der Waals surface area (Å²) in [7, 11) is 3.53. The molecule has 3 N–H and O–H groups in total. The number of para-hydroxylation sites is 1. The predicted molar refractivity (Wildman–Crippen MR) is 124 cm³/mol. The number of carbonyl (C=O) groups is 1. The van der Waals surface area contributed by atoms with Crippen LogP contribution in [0.5, 0.6) is 0 Å². The van der Waals surface area contributed by atoms with Crippen LogP contribution in [0.4, 0.5) is 5.69 Å². The van der Waals surface area contributed by atoms with Crippen LogP contribution in [-0.2, 0) is 9.53 Å². The fourth-order valence-electron chi connectivity index (χ4n) is 3.57. The Labute approximate surface area is 184 Å². The smallest absolute Gasteiger partial charge is 0.225 e. The first-order valence-electron chi connectivity index (χ1n) is 9.77. The minimum Gasteiger partial charge on any atom is -0.383 e. The Hall–Kier alpha value is -1.39. The number of halogens is 1. The number of nitrogens with zero attached hydrogens (tertiary/aromatic N) is 2. The van der Waals surface area contributed by atoms with Gasteiger partial charge in [0.2, 0.25) is 5.91 Å². The topological polar surface area (TPSA) is 78.0 Å². The zero-order chi connectivity index (χ0) is 19.1. The van der Waals surface area contributed by atoms with Gasteiger partial charge in [-0.15, -0.1) is 24.0 Å². The van der Waals surface area contributed by atoms with E-state index in [1.807, 2.05) is 18.2 Å². The van der Waals surface area contributed by atoms with Gasteiger partial charge >= 0.3 is 0 Å². The molecule has 8 heteroatoms. The lowest BCUT2D eigenvalue weighted by molar-refractivity contribution is -0.116. The molecule has 1 unspecified atom stereocenters. The number of rotatable bonds is 9. The van der Waals surface area contributed by atoms with Crippen molar-refractivity contribution in [2.45, 2.75) is 31.2 Å². The number of carbonyl (C=O) groups excluding carboxylic acids is 1. The molecular weight excluding hydrogens is 469 g/mol. The van der Waals surface area contributed by atoms with Gasteiger partial charge < -0.3 is 20.7 Å². The number of methoxy groups -OCH3 is 1. The van der Waals surface area contributed by atoms with Gasteiger partial charge in [0.1, 0.15) is 0 Å². The Morgan fingerprint density at radius 3 is 2.79 bits per heavy atom. The van der Waals surface area contributed by atoms with Gasteiger partial charge in [0.05, 0.1) is 6.61 Å². The number of fused-ring (bicyclic) bond motifs is 1. The molecule has 1 amide bonds. The summed E-state index contributed by atoms with van der Waals surface area (Å²) in [5.74, 6) is 1.00. The minimum absolute atomic E-state index is 0. The molecule has 1 saturated carbocycles. The number of guanidine groups is 1. The molecule has 1 aliphatic heterocycles. The maximum Gasteiger partial charge on any atom is 0.225 e. The first-order chi connectivity index (χ1) is 13.2. The van der Waals surface area contributed by atoms with E-state index in [0.717, 1.165) is 37.9 Å². The molecule has 0 bridgehead atoms. The van der Waals surface area contributed by atoms with Crippen molar-refractivity contribution in [3.8, 4) is 0 Å². The second kappa shape index (κ2) is 11.6. The summed E-state index contributed by atoms with van der Waals surface area (Å²) in [6.45, 7) is 4.24. The molecule has 1 atom stereocenters. The molecule has 1 aliphatic carbocycles. The van der Waals surface area contributed by atoms with Gasteiger partial charge in [0.25, 0.3) is 0 Å². The summed E-state index contributed by atoms with van der Waals surface area (Å²) in [4.78, 5) is 18.7. The number of nitrogens with one attached hydrogen (secondary N) is 3.